The van der Waals surface area contributed by atoms with Crippen LogP contribution < -0.4 is 15.4 Å². The van der Waals surface area contributed by atoms with Crippen molar-refractivity contribution in [1.82, 2.24) is 10.2 Å². The van der Waals surface area contributed by atoms with E-state index in [1.54, 1.807) is 16.7 Å². The summed E-state index contributed by atoms with van der Waals surface area (Å²) in [5.41, 5.74) is 1.67. The predicted molar refractivity (Wildman–Crippen MR) is 156 cm³/mol. The Morgan fingerprint density at radius 1 is 1.05 bits per heavy atom. The Kier molecular flexibility index (Phi) is 9.00. The molecule has 0 aromatic heterocycles. The van der Waals surface area contributed by atoms with E-state index < -0.39 is 22.6 Å². The summed E-state index contributed by atoms with van der Waals surface area (Å²) in [5, 5.41) is 15.3. The highest BCUT2D eigenvalue weighted by atomic mass is 32.2. The maximum absolute atomic E-state index is 14.1. The van der Waals surface area contributed by atoms with Crippen LogP contribution in [0.4, 0.5) is 5.69 Å². The highest BCUT2D eigenvalue weighted by Gasteiger charge is 2.73. The number of benzene rings is 2. The van der Waals surface area contributed by atoms with E-state index in [4.69, 9.17) is 9.84 Å². The predicted octanol–water partition coefficient (Wildman–Crippen LogP) is 3.98. The van der Waals surface area contributed by atoms with E-state index in [-0.39, 0.29) is 29.6 Å². The van der Waals surface area contributed by atoms with Crippen molar-refractivity contribution >= 4 is 35.2 Å². The molecule has 3 aliphatic heterocycles. The first-order valence-electron chi connectivity index (χ1n) is 14.4. The molecule has 40 heavy (non-hydrogen) atoms. The van der Waals surface area contributed by atoms with Crippen LogP contribution >= 0.6 is 11.8 Å². The number of rotatable bonds is 13. The number of ether oxygens (including phenoxy) is 1. The van der Waals surface area contributed by atoms with Crippen LogP contribution in [0, 0.1) is 11.8 Å². The lowest BCUT2D eigenvalue weighted by Crippen LogP contribution is -2.53. The minimum Gasteiger partial charge on any atom is -0.494 e. The van der Waals surface area contributed by atoms with Crippen LogP contribution in [-0.4, -0.2) is 63.5 Å². The van der Waals surface area contributed by atoms with Gasteiger partial charge in [0.2, 0.25) is 17.7 Å². The monoisotopic (exact) mass is 565 g/mol. The molecule has 5 atom stereocenters. The van der Waals surface area contributed by atoms with Crippen LogP contribution in [0.3, 0.4) is 0 Å². The summed E-state index contributed by atoms with van der Waals surface area (Å²) in [5.74, 6) is -0.653. The standard InChI is InChI=1S/C31H39N3O5S/c1-2-39-23-14-12-22(13-15-23)33-28(36)25-24-16-17-31(40-24)26(25)30(38)34(18-8-3-4-9-19-35)27(31)29(37)32-20-21-10-6-5-7-11-21/h5-7,10-15,24-27,35H,2-4,8-9,16-20H2,1H3,(H,32,37)(H,33,36)/t24-,25+,26-,27?,31?/m0/s1. The number of hydrogen-bond donors (Lipinski definition) is 3. The van der Waals surface area contributed by atoms with E-state index in [1.807, 2.05) is 61.5 Å². The molecule has 3 N–H and O–H groups in total. The average molecular weight is 566 g/mol. The highest BCUT2D eigenvalue weighted by molar-refractivity contribution is 8.02. The second-order valence-corrected chi connectivity index (χ2v) is 12.5. The first-order chi connectivity index (χ1) is 19.5. The van der Waals surface area contributed by atoms with E-state index in [0.29, 0.717) is 25.4 Å². The minimum atomic E-state index is -0.607. The molecule has 2 aromatic rings. The number of anilines is 1. The van der Waals surface area contributed by atoms with Crippen molar-refractivity contribution in [3.05, 3.63) is 60.2 Å². The van der Waals surface area contributed by atoms with E-state index in [1.165, 1.54) is 0 Å². The van der Waals surface area contributed by atoms with Gasteiger partial charge in [0, 0.05) is 30.6 Å². The van der Waals surface area contributed by atoms with Gasteiger partial charge in [-0.1, -0.05) is 43.2 Å². The quantitative estimate of drug-likeness (QED) is 0.317. The molecule has 9 heteroatoms. The van der Waals surface area contributed by atoms with Gasteiger partial charge in [-0.05, 0) is 62.4 Å². The van der Waals surface area contributed by atoms with Gasteiger partial charge < -0.3 is 25.4 Å². The summed E-state index contributed by atoms with van der Waals surface area (Å²) in [4.78, 5) is 43.3. The molecule has 214 valence electrons. The van der Waals surface area contributed by atoms with Crippen molar-refractivity contribution in [3.63, 3.8) is 0 Å². The fourth-order valence-electron chi connectivity index (χ4n) is 6.65. The molecule has 3 saturated heterocycles. The van der Waals surface area contributed by atoms with Crippen molar-refractivity contribution < 1.29 is 24.2 Å². The lowest BCUT2D eigenvalue weighted by atomic mass is 9.70. The maximum atomic E-state index is 14.1. The third-order valence-electron chi connectivity index (χ3n) is 8.40. The number of nitrogens with zero attached hydrogens (tertiary/aromatic N) is 1. The van der Waals surface area contributed by atoms with Crippen LogP contribution in [0.2, 0.25) is 0 Å². The topological polar surface area (TPSA) is 108 Å². The van der Waals surface area contributed by atoms with Gasteiger partial charge in [0.25, 0.3) is 0 Å². The van der Waals surface area contributed by atoms with Crippen LogP contribution in [0.5, 0.6) is 5.75 Å². The summed E-state index contributed by atoms with van der Waals surface area (Å²) in [6, 6.07) is 16.4. The molecule has 3 fully saturated rings. The lowest BCUT2D eigenvalue weighted by Gasteiger charge is -2.34. The Morgan fingerprint density at radius 2 is 1.80 bits per heavy atom. The number of nitrogens with one attached hydrogen (secondary N) is 2. The van der Waals surface area contributed by atoms with Gasteiger partial charge in [-0.15, -0.1) is 11.8 Å². The van der Waals surface area contributed by atoms with Crippen molar-refractivity contribution in [2.24, 2.45) is 11.8 Å². The first-order valence-corrected chi connectivity index (χ1v) is 15.3. The number of likely N-dealkylation sites (tertiary alicyclic amines) is 1. The van der Waals surface area contributed by atoms with Gasteiger partial charge in [0.15, 0.2) is 0 Å². The molecule has 2 bridgehead atoms. The van der Waals surface area contributed by atoms with E-state index in [2.05, 4.69) is 10.6 Å². The number of carbonyl (C=O) groups excluding carboxylic acids is 3. The molecule has 0 saturated carbocycles. The van der Waals surface area contributed by atoms with Crippen molar-refractivity contribution in [1.29, 1.82) is 0 Å². The Balaban J connectivity index is 1.35. The molecule has 0 radical (unpaired) electrons. The molecule has 3 heterocycles. The highest BCUT2D eigenvalue weighted by Crippen LogP contribution is 2.66. The van der Waals surface area contributed by atoms with Crippen molar-refractivity contribution in [2.45, 2.75) is 68.0 Å². The molecular weight excluding hydrogens is 526 g/mol. The minimum absolute atomic E-state index is 0.00720. The van der Waals surface area contributed by atoms with Gasteiger partial charge in [-0.2, -0.15) is 0 Å². The molecule has 8 nitrogen and oxygen atoms in total. The number of amides is 3. The molecule has 5 rings (SSSR count). The summed E-state index contributed by atoms with van der Waals surface area (Å²) in [7, 11) is 0. The molecule has 3 amide bonds. The fourth-order valence-corrected chi connectivity index (χ4v) is 8.87. The van der Waals surface area contributed by atoms with Crippen LogP contribution in [0.25, 0.3) is 0 Å². The molecular formula is C31H39N3O5S. The van der Waals surface area contributed by atoms with Crippen molar-refractivity contribution in [2.75, 3.05) is 25.1 Å². The van der Waals surface area contributed by atoms with Crippen LogP contribution in [-0.2, 0) is 20.9 Å². The van der Waals surface area contributed by atoms with Gasteiger partial charge in [0.1, 0.15) is 11.8 Å². The van der Waals surface area contributed by atoms with Crippen LogP contribution in [0.1, 0.15) is 51.0 Å². The number of carbonyl (C=O) groups is 3. The number of thioether (sulfide) groups is 1. The number of aliphatic hydroxyl groups excluding tert-OH is 1. The Morgan fingerprint density at radius 3 is 2.52 bits per heavy atom. The van der Waals surface area contributed by atoms with Gasteiger partial charge >= 0.3 is 0 Å². The average Bonchev–Trinajstić information content (AvgIpc) is 3.61. The first kappa shape index (κ1) is 28.5. The fraction of sp³-hybridized carbons (Fsp3) is 0.516. The Bertz CT molecular complexity index is 1190. The molecule has 1 spiro atoms. The zero-order chi connectivity index (χ0) is 28.1. The largest absolute Gasteiger partial charge is 0.494 e. The SMILES string of the molecule is CCOc1ccc(NC(=O)[C@@H]2[C@@H]3CCC4(S3)C(C(=O)NCc3ccccc3)N(CCCCCCO)C(=O)[C@H]24)cc1. The molecule has 2 unspecified atom stereocenters. The van der Waals surface area contributed by atoms with E-state index >= 15 is 0 Å². The number of hydrogen-bond acceptors (Lipinski definition) is 6. The van der Waals surface area contributed by atoms with E-state index in [0.717, 1.165) is 49.8 Å². The van der Waals surface area contributed by atoms with Crippen molar-refractivity contribution in [3.8, 4) is 5.75 Å². The molecule has 2 aromatic carbocycles. The Labute approximate surface area is 240 Å². The normalized spacial score (nSPS) is 26.6. The van der Waals surface area contributed by atoms with Gasteiger partial charge in [-0.3, -0.25) is 14.4 Å². The number of unbranched alkanes of at least 4 members (excludes halogenated alkanes) is 3. The lowest BCUT2D eigenvalue weighted by molar-refractivity contribution is -0.139. The second-order valence-electron chi connectivity index (χ2n) is 10.9. The van der Waals surface area contributed by atoms with Crippen LogP contribution in [0.15, 0.2) is 54.6 Å². The maximum Gasteiger partial charge on any atom is 0.244 e. The summed E-state index contributed by atoms with van der Waals surface area (Å²) in [6.45, 7) is 3.51. The zero-order valence-electron chi connectivity index (χ0n) is 23.0. The van der Waals surface area contributed by atoms with Gasteiger partial charge in [-0.25, -0.2) is 0 Å². The number of aliphatic hydroxyl groups is 1. The molecule has 0 aliphatic carbocycles. The zero-order valence-corrected chi connectivity index (χ0v) is 23.8. The Hall–Kier alpha value is -3.04. The summed E-state index contributed by atoms with van der Waals surface area (Å²) in [6.07, 6.45) is 4.79. The second kappa shape index (κ2) is 12.6. The summed E-state index contributed by atoms with van der Waals surface area (Å²) < 4.78 is 4.90. The summed E-state index contributed by atoms with van der Waals surface area (Å²) >= 11 is 1.68. The third kappa shape index (κ3) is 5.59. The number of fused-ring (bicyclic) bond motifs is 1. The van der Waals surface area contributed by atoms with E-state index in [9.17, 15) is 14.4 Å². The van der Waals surface area contributed by atoms with Gasteiger partial charge in [0.05, 0.1) is 23.2 Å². The molecule has 3 aliphatic rings. The third-order valence-corrected chi connectivity index (χ3v) is 10.4. The smallest absolute Gasteiger partial charge is 0.244 e.